The number of hydrogen-bond acceptors (Lipinski definition) is 6. The van der Waals surface area contributed by atoms with E-state index in [1.807, 2.05) is 13.8 Å². The summed E-state index contributed by atoms with van der Waals surface area (Å²) in [5, 5.41) is 0. The molecule has 142 valence electrons. The van der Waals surface area contributed by atoms with E-state index < -0.39 is 5.79 Å². The van der Waals surface area contributed by atoms with Crippen molar-refractivity contribution in [2.45, 2.75) is 39.1 Å². The number of rotatable bonds is 7. The maximum Gasteiger partial charge on any atom is 0.309 e. The Morgan fingerprint density at radius 1 is 1.38 bits per heavy atom. The minimum atomic E-state index is -0.638. The highest BCUT2D eigenvalue weighted by Gasteiger charge is 2.46. The SMILES string of the molecule is CCOC(=O)[C@@H]1C[C@@H]1CN(C[C@@H]1COC(C)(C)O1)C(=O)c1cccnc1. The van der Waals surface area contributed by atoms with E-state index in [0.29, 0.717) is 31.9 Å². The molecule has 2 aliphatic rings. The number of aromatic nitrogens is 1. The summed E-state index contributed by atoms with van der Waals surface area (Å²) < 4.78 is 16.5. The smallest absolute Gasteiger partial charge is 0.309 e. The molecule has 3 atom stereocenters. The molecule has 0 aromatic carbocycles. The summed E-state index contributed by atoms with van der Waals surface area (Å²) in [7, 11) is 0. The highest BCUT2D eigenvalue weighted by Crippen LogP contribution is 2.40. The van der Waals surface area contributed by atoms with Crippen LogP contribution in [0.15, 0.2) is 24.5 Å². The Morgan fingerprint density at radius 2 is 2.19 bits per heavy atom. The fourth-order valence-electron chi connectivity index (χ4n) is 3.28. The van der Waals surface area contributed by atoms with E-state index in [2.05, 4.69) is 4.98 Å². The first-order chi connectivity index (χ1) is 12.4. The van der Waals surface area contributed by atoms with Gasteiger partial charge in [-0.3, -0.25) is 14.6 Å². The first-order valence-electron chi connectivity index (χ1n) is 9.07. The van der Waals surface area contributed by atoms with Crippen LogP contribution in [0.5, 0.6) is 0 Å². The van der Waals surface area contributed by atoms with Crippen LogP contribution in [-0.2, 0) is 19.0 Å². The van der Waals surface area contributed by atoms with Crippen LogP contribution >= 0.6 is 0 Å². The molecule has 1 aromatic rings. The molecule has 1 saturated heterocycles. The van der Waals surface area contributed by atoms with Crippen LogP contribution in [0.2, 0.25) is 0 Å². The number of ether oxygens (including phenoxy) is 3. The quantitative estimate of drug-likeness (QED) is 0.689. The molecule has 0 bridgehead atoms. The van der Waals surface area contributed by atoms with Crippen molar-refractivity contribution in [3.8, 4) is 0 Å². The average molecular weight is 362 g/mol. The van der Waals surface area contributed by atoms with E-state index >= 15 is 0 Å². The topological polar surface area (TPSA) is 78.0 Å². The summed E-state index contributed by atoms with van der Waals surface area (Å²) >= 11 is 0. The molecule has 0 spiro atoms. The molecular formula is C19H26N2O5. The van der Waals surface area contributed by atoms with Crippen LogP contribution in [0.4, 0.5) is 0 Å². The summed E-state index contributed by atoms with van der Waals surface area (Å²) in [6.45, 7) is 7.25. The Bertz CT molecular complexity index is 649. The van der Waals surface area contributed by atoms with Gasteiger partial charge in [0.1, 0.15) is 6.10 Å². The predicted octanol–water partition coefficient (Wildman–Crippen LogP) is 1.87. The van der Waals surface area contributed by atoms with Gasteiger partial charge in [0.25, 0.3) is 5.91 Å². The maximum atomic E-state index is 12.9. The van der Waals surface area contributed by atoms with Gasteiger partial charge >= 0.3 is 5.97 Å². The first-order valence-corrected chi connectivity index (χ1v) is 9.07. The third-order valence-electron chi connectivity index (χ3n) is 4.65. The predicted molar refractivity (Wildman–Crippen MR) is 93.3 cm³/mol. The molecule has 7 heteroatoms. The largest absolute Gasteiger partial charge is 0.466 e. The molecule has 0 unspecified atom stereocenters. The van der Waals surface area contributed by atoms with Crippen LogP contribution in [0.25, 0.3) is 0 Å². The van der Waals surface area contributed by atoms with Crippen molar-refractivity contribution in [3.63, 3.8) is 0 Å². The third-order valence-corrected chi connectivity index (χ3v) is 4.65. The molecule has 1 saturated carbocycles. The summed E-state index contributed by atoms with van der Waals surface area (Å²) in [4.78, 5) is 30.6. The van der Waals surface area contributed by atoms with Crippen LogP contribution in [0, 0.1) is 11.8 Å². The van der Waals surface area contributed by atoms with Crippen LogP contribution in [-0.4, -0.2) is 60.0 Å². The zero-order chi connectivity index (χ0) is 18.7. The van der Waals surface area contributed by atoms with E-state index in [0.717, 1.165) is 6.42 Å². The van der Waals surface area contributed by atoms with Gasteiger partial charge in [0, 0.05) is 25.5 Å². The molecule has 0 N–H and O–H groups in total. The minimum absolute atomic E-state index is 0.110. The van der Waals surface area contributed by atoms with E-state index in [1.54, 1.807) is 36.4 Å². The third kappa shape index (κ3) is 4.59. The maximum absolute atomic E-state index is 12.9. The molecule has 2 fully saturated rings. The van der Waals surface area contributed by atoms with Gasteiger partial charge in [-0.1, -0.05) is 0 Å². The molecule has 1 amide bonds. The lowest BCUT2D eigenvalue weighted by molar-refractivity contribution is -0.145. The molecule has 1 aromatic heterocycles. The van der Waals surface area contributed by atoms with Gasteiger partial charge in [-0.25, -0.2) is 0 Å². The molecule has 1 aliphatic heterocycles. The second kappa shape index (κ2) is 7.72. The van der Waals surface area contributed by atoms with Crippen molar-refractivity contribution < 1.29 is 23.8 Å². The summed E-state index contributed by atoms with van der Waals surface area (Å²) in [5.41, 5.74) is 0.527. The summed E-state index contributed by atoms with van der Waals surface area (Å²) in [5.74, 6) is -0.907. The Kier molecular flexibility index (Phi) is 5.58. The normalized spacial score (nSPS) is 26.3. The van der Waals surface area contributed by atoms with Crippen molar-refractivity contribution >= 4 is 11.9 Å². The van der Waals surface area contributed by atoms with E-state index in [9.17, 15) is 9.59 Å². The lowest BCUT2D eigenvalue weighted by atomic mass is 10.2. The second-order valence-electron chi connectivity index (χ2n) is 7.26. The van der Waals surface area contributed by atoms with Crippen molar-refractivity contribution in [2.75, 3.05) is 26.3 Å². The van der Waals surface area contributed by atoms with Crippen molar-refractivity contribution in [1.82, 2.24) is 9.88 Å². The molecule has 3 rings (SSSR count). The fraction of sp³-hybridized carbons (Fsp3) is 0.632. The summed E-state index contributed by atoms with van der Waals surface area (Å²) in [6, 6.07) is 3.48. The molecule has 1 aliphatic carbocycles. The van der Waals surface area contributed by atoms with Gasteiger partial charge < -0.3 is 19.1 Å². The number of hydrogen-bond donors (Lipinski definition) is 0. The standard InChI is InChI=1S/C19H26N2O5/c1-4-24-18(23)16-8-14(16)10-21(11-15-12-25-19(2,3)26-15)17(22)13-6-5-7-20-9-13/h5-7,9,14-16H,4,8,10-12H2,1-3H3/t14-,15-,16-/m1/s1. The van der Waals surface area contributed by atoms with Gasteiger partial charge in [-0.15, -0.1) is 0 Å². The highest BCUT2D eigenvalue weighted by atomic mass is 16.7. The fourth-order valence-corrected chi connectivity index (χ4v) is 3.28. The average Bonchev–Trinajstić information content (AvgIpc) is 3.30. The lowest BCUT2D eigenvalue weighted by Gasteiger charge is -2.26. The van der Waals surface area contributed by atoms with Crippen LogP contribution < -0.4 is 0 Å². The van der Waals surface area contributed by atoms with Gasteiger partial charge in [-0.2, -0.15) is 0 Å². The lowest BCUT2D eigenvalue weighted by Crippen LogP contribution is -2.40. The zero-order valence-electron chi connectivity index (χ0n) is 15.5. The Hall–Kier alpha value is -1.99. The number of carbonyl (C=O) groups excluding carboxylic acids is 2. The highest BCUT2D eigenvalue weighted by molar-refractivity contribution is 5.94. The van der Waals surface area contributed by atoms with Crippen LogP contribution in [0.3, 0.4) is 0 Å². The molecular weight excluding hydrogens is 336 g/mol. The van der Waals surface area contributed by atoms with E-state index in [4.69, 9.17) is 14.2 Å². The van der Waals surface area contributed by atoms with E-state index in [1.165, 1.54) is 0 Å². The van der Waals surface area contributed by atoms with Crippen molar-refractivity contribution in [2.24, 2.45) is 11.8 Å². The van der Waals surface area contributed by atoms with Crippen molar-refractivity contribution in [1.29, 1.82) is 0 Å². The van der Waals surface area contributed by atoms with Gasteiger partial charge in [0.2, 0.25) is 0 Å². The minimum Gasteiger partial charge on any atom is -0.466 e. The van der Waals surface area contributed by atoms with Crippen LogP contribution in [0.1, 0.15) is 37.6 Å². The number of nitrogens with zero attached hydrogens (tertiary/aromatic N) is 2. The van der Waals surface area contributed by atoms with E-state index in [-0.39, 0.29) is 29.8 Å². The number of pyridine rings is 1. The Morgan fingerprint density at radius 3 is 2.81 bits per heavy atom. The number of esters is 1. The summed E-state index contributed by atoms with van der Waals surface area (Å²) in [6.07, 6.45) is 3.75. The first kappa shape index (κ1) is 18.8. The number of amides is 1. The molecule has 7 nitrogen and oxygen atoms in total. The molecule has 26 heavy (non-hydrogen) atoms. The second-order valence-corrected chi connectivity index (χ2v) is 7.26. The zero-order valence-corrected chi connectivity index (χ0v) is 15.5. The Labute approximate surface area is 153 Å². The van der Waals surface area contributed by atoms with Crippen molar-refractivity contribution in [3.05, 3.63) is 30.1 Å². The monoisotopic (exact) mass is 362 g/mol. The van der Waals surface area contributed by atoms with Gasteiger partial charge in [0.15, 0.2) is 5.79 Å². The molecule has 2 heterocycles. The number of carbonyl (C=O) groups is 2. The molecule has 0 radical (unpaired) electrons. The Balaban J connectivity index is 1.66. The van der Waals surface area contributed by atoms with Gasteiger partial charge in [-0.05, 0) is 45.2 Å². The van der Waals surface area contributed by atoms with Gasteiger partial charge in [0.05, 0.1) is 24.7 Å².